The molecule has 0 saturated carbocycles. The van der Waals surface area contributed by atoms with Crippen molar-refractivity contribution in [3.8, 4) is 23.0 Å². The van der Waals surface area contributed by atoms with Crippen LogP contribution in [0.2, 0.25) is 0 Å². The Bertz CT molecular complexity index is 1310. The van der Waals surface area contributed by atoms with E-state index in [9.17, 15) is 20.1 Å². The van der Waals surface area contributed by atoms with Crippen molar-refractivity contribution in [3.05, 3.63) is 101 Å². The molecule has 3 rings (SSSR count). The molecule has 0 heterocycles. The number of phenolic OH excluding ortho intramolecular Hbond substituents is 2. The summed E-state index contributed by atoms with van der Waals surface area (Å²) in [6, 6.07) is 18.0. The van der Waals surface area contributed by atoms with Crippen molar-refractivity contribution < 1.29 is 29.6 Å². The van der Waals surface area contributed by atoms with Gasteiger partial charge in [-0.15, -0.1) is 5.11 Å². The smallest absolute Gasteiger partial charge is 0.209 e. The third kappa shape index (κ3) is 6.82. The zero-order chi connectivity index (χ0) is 25.2. The summed E-state index contributed by atoms with van der Waals surface area (Å²) in [6.07, 6.45) is 5.58. The highest BCUT2D eigenvalue weighted by Crippen LogP contribution is 2.28. The standard InChI is InChI=1S/C27H24N2O6/c1-34-25-16-18(8-12-21(25)30)10-14-23(32)27(29-28-20-6-4-3-5-7-20)24(33)15-11-19-9-13-22(31)26(17-19)35-2/h3-17,30-32H,1-2H3/b14-10+,15-11+,27-23+,29-28?. The molecule has 3 aromatic rings. The van der Waals surface area contributed by atoms with Crippen molar-refractivity contribution >= 4 is 23.6 Å². The van der Waals surface area contributed by atoms with E-state index in [1.165, 1.54) is 50.7 Å². The van der Waals surface area contributed by atoms with Crippen LogP contribution in [0.4, 0.5) is 5.69 Å². The van der Waals surface area contributed by atoms with E-state index >= 15 is 0 Å². The number of nitrogens with zero attached hydrogens (tertiary/aromatic N) is 2. The molecule has 0 saturated heterocycles. The van der Waals surface area contributed by atoms with Crippen LogP contribution in [0, 0.1) is 0 Å². The fourth-order valence-corrected chi connectivity index (χ4v) is 2.93. The number of phenols is 2. The average Bonchev–Trinajstić information content (AvgIpc) is 2.88. The second-order valence-corrected chi connectivity index (χ2v) is 7.16. The number of hydrogen-bond donors (Lipinski definition) is 3. The summed E-state index contributed by atoms with van der Waals surface area (Å²) in [7, 11) is 2.85. The summed E-state index contributed by atoms with van der Waals surface area (Å²) in [4.78, 5) is 12.9. The summed E-state index contributed by atoms with van der Waals surface area (Å²) in [5.74, 6) is -0.524. The number of ketones is 1. The van der Waals surface area contributed by atoms with Gasteiger partial charge in [0.25, 0.3) is 0 Å². The van der Waals surface area contributed by atoms with Gasteiger partial charge in [-0.2, -0.15) is 5.11 Å². The van der Waals surface area contributed by atoms with E-state index in [0.29, 0.717) is 16.8 Å². The summed E-state index contributed by atoms with van der Waals surface area (Å²) >= 11 is 0. The van der Waals surface area contributed by atoms with Gasteiger partial charge in [-0.05, 0) is 59.7 Å². The van der Waals surface area contributed by atoms with E-state index in [1.54, 1.807) is 48.5 Å². The second-order valence-electron chi connectivity index (χ2n) is 7.16. The molecule has 0 aliphatic heterocycles. The molecule has 0 radical (unpaired) electrons. The average molecular weight is 472 g/mol. The molecule has 0 aromatic heterocycles. The number of allylic oxidation sites excluding steroid dienone is 2. The first-order chi connectivity index (χ1) is 16.9. The lowest BCUT2D eigenvalue weighted by Crippen LogP contribution is -1.99. The highest BCUT2D eigenvalue weighted by atomic mass is 16.5. The molecule has 178 valence electrons. The Morgan fingerprint density at radius 2 is 1.34 bits per heavy atom. The van der Waals surface area contributed by atoms with Gasteiger partial charge in [-0.3, -0.25) is 4.79 Å². The van der Waals surface area contributed by atoms with Crippen LogP contribution in [-0.2, 0) is 4.79 Å². The molecular formula is C27H24N2O6. The van der Waals surface area contributed by atoms with E-state index in [4.69, 9.17) is 9.47 Å². The maximum absolute atomic E-state index is 12.9. The molecular weight excluding hydrogens is 448 g/mol. The molecule has 35 heavy (non-hydrogen) atoms. The molecule has 0 fully saturated rings. The molecule has 0 aliphatic carbocycles. The predicted molar refractivity (Wildman–Crippen MR) is 133 cm³/mol. The number of rotatable bonds is 9. The third-order valence-corrected chi connectivity index (χ3v) is 4.77. The van der Waals surface area contributed by atoms with Gasteiger partial charge in [0, 0.05) is 0 Å². The number of benzene rings is 3. The highest BCUT2D eigenvalue weighted by molar-refractivity contribution is 6.06. The van der Waals surface area contributed by atoms with E-state index in [2.05, 4.69) is 10.2 Å². The lowest BCUT2D eigenvalue weighted by molar-refractivity contribution is -0.111. The first-order valence-corrected chi connectivity index (χ1v) is 10.5. The molecule has 8 nitrogen and oxygen atoms in total. The number of ether oxygens (including phenoxy) is 2. The molecule has 0 atom stereocenters. The van der Waals surface area contributed by atoms with Crippen LogP contribution in [0.3, 0.4) is 0 Å². The highest BCUT2D eigenvalue weighted by Gasteiger charge is 2.12. The quantitative estimate of drug-likeness (QED) is 0.153. The Balaban J connectivity index is 1.93. The maximum atomic E-state index is 12.9. The number of hydrogen-bond acceptors (Lipinski definition) is 8. The Kier molecular flexibility index (Phi) is 8.39. The lowest BCUT2D eigenvalue weighted by atomic mass is 10.1. The van der Waals surface area contributed by atoms with Gasteiger partial charge in [0.15, 0.2) is 28.7 Å². The Morgan fingerprint density at radius 1 is 0.800 bits per heavy atom. The second kappa shape index (κ2) is 11.9. The van der Waals surface area contributed by atoms with E-state index < -0.39 is 11.5 Å². The predicted octanol–water partition coefficient (Wildman–Crippen LogP) is 5.96. The van der Waals surface area contributed by atoms with Crippen molar-refractivity contribution in [1.82, 2.24) is 0 Å². The lowest BCUT2D eigenvalue weighted by Gasteiger charge is -2.04. The fourth-order valence-electron chi connectivity index (χ4n) is 2.93. The number of azo groups is 1. The molecule has 0 amide bonds. The summed E-state index contributed by atoms with van der Waals surface area (Å²) < 4.78 is 10.2. The van der Waals surface area contributed by atoms with Crippen molar-refractivity contribution in [1.29, 1.82) is 0 Å². The van der Waals surface area contributed by atoms with Crippen molar-refractivity contribution in [3.63, 3.8) is 0 Å². The van der Waals surface area contributed by atoms with Crippen molar-refractivity contribution in [2.75, 3.05) is 14.2 Å². The normalized spacial score (nSPS) is 12.3. The molecule has 3 N–H and O–H groups in total. The van der Waals surface area contributed by atoms with Gasteiger partial charge in [0.2, 0.25) is 5.78 Å². The fraction of sp³-hybridized carbons (Fsp3) is 0.0741. The topological polar surface area (TPSA) is 121 Å². The van der Waals surface area contributed by atoms with Gasteiger partial charge < -0.3 is 24.8 Å². The molecule has 0 unspecified atom stereocenters. The van der Waals surface area contributed by atoms with Crippen LogP contribution in [-0.4, -0.2) is 35.3 Å². The molecule has 3 aromatic carbocycles. The van der Waals surface area contributed by atoms with E-state index in [1.807, 2.05) is 6.07 Å². The Labute approximate surface area is 202 Å². The van der Waals surface area contributed by atoms with Gasteiger partial charge >= 0.3 is 0 Å². The third-order valence-electron chi connectivity index (χ3n) is 4.77. The zero-order valence-corrected chi connectivity index (χ0v) is 19.1. The first kappa shape index (κ1) is 24.8. The molecule has 0 bridgehead atoms. The van der Waals surface area contributed by atoms with Crippen molar-refractivity contribution in [2.24, 2.45) is 10.2 Å². The van der Waals surface area contributed by atoms with Gasteiger partial charge in [0.1, 0.15) is 5.76 Å². The number of aromatic hydroxyl groups is 2. The minimum absolute atomic E-state index is 0.0204. The minimum Gasteiger partial charge on any atom is -0.505 e. The van der Waals surface area contributed by atoms with Crippen LogP contribution in [0.1, 0.15) is 11.1 Å². The number of carbonyl (C=O) groups is 1. The van der Waals surface area contributed by atoms with Crippen LogP contribution in [0.15, 0.2) is 101 Å². The number of aliphatic hydroxyl groups is 1. The number of methoxy groups -OCH3 is 2. The molecule has 0 aliphatic rings. The van der Waals surface area contributed by atoms with Crippen LogP contribution >= 0.6 is 0 Å². The maximum Gasteiger partial charge on any atom is 0.209 e. The monoisotopic (exact) mass is 472 g/mol. The minimum atomic E-state index is -0.595. The van der Waals surface area contributed by atoms with E-state index in [-0.39, 0.29) is 28.7 Å². The zero-order valence-electron chi connectivity index (χ0n) is 19.1. The van der Waals surface area contributed by atoms with Gasteiger partial charge in [-0.1, -0.05) is 42.5 Å². The van der Waals surface area contributed by atoms with Crippen LogP contribution < -0.4 is 9.47 Å². The van der Waals surface area contributed by atoms with Crippen LogP contribution in [0.25, 0.3) is 12.2 Å². The summed E-state index contributed by atoms with van der Waals surface area (Å²) in [5, 5.41) is 38.2. The molecule has 8 heteroatoms. The van der Waals surface area contributed by atoms with Crippen molar-refractivity contribution in [2.45, 2.75) is 0 Å². The SMILES string of the molecule is COc1cc(/C=C/C(=O)/C(N=Nc2ccccc2)=C(O)/C=C/c2ccc(O)c(OC)c2)ccc1O. The summed E-state index contributed by atoms with van der Waals surface area (Å²) in [5.41, 5.74) is 1.44. The molecule has 0 spiro atoms. The number of aliphatic hydroxyl groups excluding tert-OH is 1. The largest absolute Gasteiger partial charge is 0.505 e. The van der Waals surface area contributed by atoms with Crippen LogP contribution in [0.5, 0.6) is 23.0 Å². The number of carbonyl (C=O) groups excluding carboxylic acids is 1. The Hall–Kier alpha value is -4.85. The first-order valence-electron chi connectivity index (χ1n) is 10.5. The Morgan fingerprint density at radius 3 is 1.89 bits per heavy atom. The summed E-state index contributed by atoms with van der Waals surface area (Å²) in [6.45, 7) is 0. The van der Waals surface area contributed by atoms with Gasteiger partial charge in [0.05, 0.1) is 19.9 Å². The van der Waals surface area contributed by atoms with E-state index in [0.717, 1.165) is 0 Å². The van der Waals surface area contributed by atoms with Gasteiger partial charge in [-0.25, -0.2) is 0 Å².